The van der Waals surface area contributed by atoms with Crippen LogP contribution < -0.4 is 11.1 Å². The van der Waals surface area contributed by atoms with Crippen LogP contribution in [0.15, 0.2) is 61.3 Å². The Balaban J connectivity index is 2.44. The number of aromatic hydroxyl groups is 1. The first-order valence-corrected chi connectivity index (χ1v) is 14.1. The first-order valence-electron chi connectivity index (χ1n) is 9.80. The van der Waals surface area contributed by atoms with Gasteiger partial charge in [-0.15, -0.1) is 10.2 Å². The molecular weight excluding hydrogens is 556 g/mol. The third kappa shape index (κ3) is 6.01. The van der Waals surface area contributed by atoms with Gasteiger partial charge in [-0.1, -0.05) is 6.92 Å². The highest BCUT2D eigenvalue weighted by atomic mass is 32.2. The summed E-state index contributed by atoms with van der Waals surface area (Å²) in [6, 6.07) is 5.19. The predicted molar refractivity (Wildman–Crippen MR) is 129 cm³/mol. The number of nitrogen functional groups attached to an aromatic ring is 1. The predicted octanol–water partition coefficient (Wildman–Crippen LogP) is 2.63. The van der Waals surface area contributed by atoms with Gasteiger partial charge in [0.05, 0.1) is 10.6 Å². The molecule has 0 radical (unpaired) electrons. The van der Waals surface area contributed by atoms with Crippen molar-refractivity contribution in [2.24, 2.45) is 10.2 Å². The summed E-state index contributed by atoms with van der Waals surface area (Å²) in [4.78, 5) is 9.36. The maximum atomic E-state index is 12.1. The number of carbonyl (C=O) groups excluding carboxylic acids is 1. The van der Waals surface area contributed by atoms with Gasteiger partial charge in [0.2, 0.25) is 5.91 Å². The highest BCUT2D eigenvalue weighted by Crippen LogP contribution is 2.45. The van der Waals surface area contributed by atoms with E-state index in [0.29, 0.717) is 6.07 Å². The Morgan fingerprint density at radius 3 is 2.05 bits per heavy atom. The Hall–Kier alpha value is -3.68. The maximum absolute atomic E-state index is 12.1. The number of hydrogen-bond donors (Lipinski definition) is 6. The van der Waals surface area contributed by atoms with E-state index in [0.717, 1.165) is 30.3 Å². The zero-order chi connectivity index (χ0) is 27.9. The number of phenolic OH excluding ortho intramolecular Hbond substituents is 1. The fraction of sp³-hybridized carbons (Fsp3) is 0.105. The molecule has 0 aliphatic carbocycles. The number of anilines is 2. The molecule has 37 heavy (non-hydrogen) atoms. The number of hydrogen-bond acceptors (Lipinski definition) is 11. The summed E-state index contributed by atoms with van der Waals surface area (Å²) >= 11 is 0. The van der Waals surface area contributed by atoms with E-state index < -0.39 is 68.1 Å². The Morgan fingerprint density at radius 1 is 0.892 bits per heavy atom. The van der Waals surface area contributed by atoms with Gasteiger partial charge in [-0.25, -0.2) is 0 Å². The van der Waals surface area contributed by atoms with Gasteiger partial charge < -0.3 is 16.2 Å². The minimum atomic E-state index is -5.19. The number of phenols is 1. The summed E-state index contributed by atoms with van der Waals surface area (Å²) in [6.07, 6.45) is -0.0954. The van der Waals surface area contributed by atoms with Crippen molar-refractivity contribution in [1.82, 2.24) is 0 Å². The monoisotopic (exact) mass is 574 g/mol. The highest BCUT2D eigenvalue weighted by Gasteiger charge is 2.26. The van der Waals surface area contributed by atoms with Crippen LogP contribution >= 0.6 is 0 Å². The molecule has 0 saturated heterocycles. The average Bonchev–Trinajstić information content (AvgIpc) is 2.75. The molecule has 1 amide bonds. The van der Waals surface area contributed by atoms with Crippen LogP contribution in [0.5, 0.6) is 5.75 Å². The molecule has 0 aliphatic rings. The number of azo groups is 1. The van der Waals surface area contributed by atoms with E-state index in [1.54, 1.807) is 0 Å². The molecular formula is C19H18N4O11S3. The molecule has 15 nitrogen and oxygen atoms in total. The SMILES string of the molecule is CCC(=O)Nc1cc(S(=O)(=O)O)cc2cc(S(=O)(=O)O)c(N=Nc3cc(N)ccc3S(=O)(=O)O)c(O)c12. The summed E-state index contributed by atoms with van der Waals surface area (Å²) in [5.41, 5.74) is 3.69. The van der Waals surface area contributed by atoms with Gasteiger partial charge in [0.1, 0.15) is 21.2 Å². The number of fused-ring (bicyclic) bond motifs is 1. The smallest absolute Gasteiger partial charge is 0.296 e. The lowest BCUT2D eigenvalue weighted by atomic mass is 10.1. The van der Waals surface area contributed by atoms with Crippen molar-refractivity contribution in [2.75, 3.05) is 11.1 Å². The Bertz CT molecular complexity index is 1800. The fourth-order valence-electron chi connectivity index (χ4n) is 3.17. The molecule has 3 aromatic carbocycles. The van der Waals surface area contributed by atoms with Crippen molar-refractivity contribution in [2.45, 2.75) is 28.0 Å². The Kier molecular flexibility index (Phi) is 7.28. The number of carbonyl (C=O) groups is 1. The van der Waals surface area contributed by atoms with Crippen molar-refractivity contribution >= 4 is 69.8 Å². The van der Waals surface area contributed by atoms with Crippen LogP contribution in [-0.4, -0.2) is 49.9 Å². The second-order valence-corrected chi connectivity index (χ2v) is 11.6. The number of amides is 1. The van der Waals surface area contributed by atoms with Crippen molar-refractivity contribution < 1.29 is 48.8 Å². The molecule has 0 saturated carbocycles. The molecule has 0 unspecified atom stereocenters. The fourth-order valence-corrected chi connectivity index (χ4v) is 4.98. The molecule has 7 N–H and O–H groups in total. The number of rotatable bonds is 7. The quantitative estimate of drug-likeness (QED) is 0.135. The molecule has 3 aromatic rings. The molecule has 198 valence electrons. The summed E-state index contributed by atoms with van der Waals surface area (Å²) in [5.74, 6) is -1.69. The number of nitrogens with zero attached hydrogens (tertiary/aromatic N) is 2. The van der Waals surface area contributed by atoms with Gasteiger partial charge in [-0.2, -0.15) is 25.3 Å². The van der Waals surface area contributed by atoms with E-state index in [2.05, 4.69) is 15.5 Å². The van der Waals surface area contributed by atoms with Crippen molar-refractivity contribution in [3.05, 3.63) is 36.4 Å². The summed E-state index contributed by atoms with van der Waals surface area (Å²) in [7, 11) is -14.9. The van der Waals surface area contributed by atoms with E-state index in [1.165, 1.54) is 6.92 Å². The summed E-state index contributed by atoms with van der Waals surface area (Å²) < 4.78 is 99.5. The molecule has 0 bridgehead atoms. The Morgan fingerprint density at radius 2 is 1.51 bits per heavy atom. The number of nitrogens with one attached hydrogen (secondary N) is 1. The standard InChI is InChI=1S/C19H18N4O11S3/c1-2-16(24)21-13-8-11(35(26,27)28)5-9-6-15(37(32,33)34)18(19(25)17(9)13)23-22-12-7-10(20)3-4-14(12)36(29,30)31/h3-8,25H,2,20H2,1H3,(H,21,24)(H,26,27,28)(H,29,30,31)(H,32,33,34). The van der Waals surface area contributed by atoms with Crippen LogP contribution in [0.3, 0.4) is 0 Å². The minimum absolute atomic E-state index is 0.0265. The molecule has 3 rings (SSSR count). The largest absolute Gasteiger partial charge is 0.505 e. The molecule has 0 atom stereocenters. The maximum Gasteiger partial charge on any atom is 0.296 e. The first kappa shape index (κ1) is 27.9. The zero-order valence-corrected chi connectivity index (χ0v) is 21.0. The number of benzene rings is 3. The van der Waals surface area contributed by atoms with Gasteiger partial charge in [0.25, 0.3) is 30.4 Å². The lowest BCUT2D eigenvalue weighted by molar-refractivity contribution is -0.115. The van der Waals surface area contributed by atoms with Gasteiger partial charge in [0.15, 0.2) is 5.75 Å². The van der Waals surface area contributed by atoms with Crippen LogP contribution in [0, 0.1) is 0 Å². The molecule has 0 spiro atoms. The summed E-state index contributed by atoms with van der Waals surface area (Å²) in [6.45, 7) is 1.46. The van der Waals surface area contributed by atoms with E-state index in [-0.39, 0.29) is 28.6 Å². The first-order chi connectivity index (χ1) is 16.9. The molecule has 18 heteroatoms. The normalized spacial score (nSPS) is 12.8. The van der Waals surface area contributed by atoms with Crippen LogP contribution in [-0.2, 0) is 35.1 Å². The van der Waals surface area contributed by atoms with E-state index >= 15 is 0 Å². The molecule has 0 aromatic heterocycles. The van der Waals surface area contributed by atoms with Gasteiger partial charge in [-0.3, -0.25) is 18.5 Å². The van der Waals surface area contributed by atoms with Crippen LogP contribution in [0.25, 0.3) is 10.8 Å². The third-order valence-electron chi connectivity index (χ3n) is 4.81. The van der Waals surface area contributed by atoms with Crippen molar-refractivity contribution in [1.29, 1.82) is 0 Å². The van der Waals surface area contributed by atoms with E-state index in [4.69, 9.17) is 5.73 Å². The van der Waals surface area contributed by atoms with Crippen molar-refractivity contribution in [3.8, 4) is 5.75 Å². The van der Waals surface area contributed by atoms with Crippen LogP contribution in [0.1, 0.15) is 13.3 Å². The molecule has 0 heterocycles. The van der Waals surface area contributed by atoms with Crippen LogP contribution in [0.4, 0.5) is 22.7 Å². The minimum Gasteiger partial charge on any atom is -0.505 e. The van der Waals surface area contributed by atoms with Gasteiger partial charge >= 0.3 is 0 Å². The second kappa shape index (κ2) is 9.65. The highest BCUT2D eigenvalue weighted by molar-refractivity contribution is 7.86. The Labute approximate surface area is 209 Å². The van der Waals surface area contributed by atoms with Gasteiger partial charge in [0, 0.05) is 17.5 Å². The average molecular weight is 575 g/mol. The lowest BCUT2D eigenvalue weighted by Crippen LogP contribution is -2.11. The summed E-state index contributed by atoms with van der Waals surface area (Å²) in [5, 5.41) is 19.6. The molecule has 0 fully saturated rings. The zero-order valence-electron chi connectivity index (χ0n) is 18.5. The van der Waals surface area contributed by atoms with E-state index in [1.807, 2.05) is 0 Å². The number of nitrogens with two attached hydrogens (primary N) is 1. The lowest BCUT2D eigenvalue weighted by Gasteiger charge is -2.14. The third-order valence-corrected chi connectivity index (χ3v) is 7.41. The van der Waals surface area contributed by atoms with Crippen molar-refractivity contribution in [3.63, 3.8) is 0 Å². The van der Waals surface area contributed by atoms with E-state index in [9.17, 15) is 48.8 Å². The second-order valence-electron chi connectivity index (χ2n) is 7.39. The molecule has 0 aliphatic heterocycles. The van der Waals surface area contributed by atoms with Gasteiger partial charge in [-0.05, 0) is 41.8 Å². The topological polar surface area (TPSA) is 263 Å². The van der Waals surface area contributed by atoms with Crippen LogP contribution in [0.2, 0.25) is 0 Å².